The van der Waals surface area contributed by atoms with Crippen molar-refractivity contribution in [1.82, 2.24) is 0 Å². The zero-order valence-electron chi connectivity index (χ0n) is 4.61. The average molecular weight is 147 g/mol. The van der Waals surface area contributed by atoms with Crippen LogP contribution in [-0.4, -0.2) is 11.5 Å². The molecule has 0 radical (unpaired) electrons. The van der Waals surface area contributed by atoms with E-state index in [1.807, 2.05) is 0 Å². The molecule has 3 heteroatoms. The first-order valence-corrected chi connectivity index (χ1v) is 3.23. The molecule has 0 spiro atoms. The molecule has 0 aromatic carbocycles. The van der Waals surface area contributed by atoms with Crippen LogP contribution in [0.15, 0.2) is 0 Å². The maximum absolute atomic E-state index is 2.07. The largest absolute Gasteiger partial charge is 1.00 e. The Bertz CT molecular complexity index is 23.3. The van der Waals surface area contributed by atoms with Gasteiger partial charge in [-0.2, -0.15) is 11.8 Å². The van der Waals surface area contributed by atoms with E-state index < -0.39 is 0 Å². The molecule has 0 aromatic heterocycles. The Hall–Kier alpha value is 1.64. The monoisotopic (exact) mass is 146 g/mol. The van der Waals surface area contributed by atoms with E-state index in [-0.39, 0.29) is 42.0 Å². The standard InChI is InChI=1S/C4H8S.ClH.Na/c1-2-4-5-3-1;;/h1-4H2;1H;/q;;+1/p-1. The molecule has 0 unspecified atom stereocenters. The summed E-state index contributed by atoms with van der Waals surface area (Å²) in [7, 11) is 0. The van der Waals surface area contributed by atoms with Crippen LogP contribution in [0.4, 0.5) is 0 Å². The summed E-state index contributed by atoms with van der Waals surface area (Å²) in [6.45, 7) is 0. The minimum absolute atomic E-state index is 0. The molecule has 1 rings (SSSR count). The van der Waals surface area contributed by atoms with Gasteiger partial charge in [0.25, 0.3) is 0 Å². The molecule has 1 saturated heterocycles. The summed E-state index contributed by atoms with van der Waals surface area (Å²) in [5.74, 6) is 2.83. The Labute approximate surface area is 77.5 Å². The zero-order valence-corrected chi connectivity index (χ0v) is 8.19. The Morgan fingerprint density at radius 3 is 1.57 bits per heavy atom. The van der Waals surface area contributed by atoms with Gasteiger partial charge in [-0.1, -0.05) is 0 Å². The van der Waals surface area contributed by atoms with E-state index in [0.29, 0.717) is 0 Å². The van der Waals surface area contributed by atoms with E-state index in [2.05, 4.69) is 11.8 Å². The van der Waals surface area contributed by atoms with Crippen LogP contribution in [0.1, 0.15) is 12.8 Å². The van der Waals surface area contributed by atoms with Crippen molar-refractivity contribution in [3.8, 4) is 0 Å². The van der Waals surface area contributed by atoms with E-state index in [9.17, 15) is 0 Å². The first-order chi connectivity index (χ1) is 2.50. The molecule has 0 aromatic rings. The second kappa shape index (κ2) is 7.64. The van der Waals surface area contributed by atoms with Gasteiger partial charge in [0.2, 0.25) is 0 Å². The van der Waals surface area contributed by atoms with Crippen LogP contribution in [0.2, 0.25) is 0 Å². The second-order valence-corrected chi connectivity index (χ2v) is 2.54. The van der Waals surface area contributed by atoms with Gasteiger partial charge in [0.1, 0.15) is 0 Å². The SMILES string of the molecule is C1CCSC1.[Cl-].[Na+]. The van der Waals surface area contributed by atoms with Crippen LogP contribution < -0.4 is 42.0 Å². The molecule has 1 aliphatic heterocycles. The molecule has 0 bridgehead atoms. The molecule has 1 fully saturated rings. The van der Waals surface area contributed by atoms with Gasteiger partial charge in [-0.15, -0.1) is 0 Å². The molecule has 7 heavy (non-hydrogen) atoms. The molecule has 1 heterocycles. The van der Waals surface area contributed by atoms with Crippen molar-refractivity contribution in [2.75, 3.05) is 11.5 Å². The number of rotatable bonds is 0. The van der Waals surface area contributed by atoms with Crippen LogP contribution in [0.25, 0.3) is 0 Å². The maximum atomic E-state index is 2.07. The van der Waals surface area contributed by atoms with Gasteiger partial charge in [0.05, 0.1) is 0 Å². The summed E-state index contributed by atoms with van der Waals surface area (Å²) in [6, 6.07) is 0. The summed E-state index contributed by atoms with van der Waals surface area (Å²) >= 11 is 2.07. The van der Waals surface area contributed by atoms with Crippen LogP contribution in [0.5, 0.6) is 0 Å². The average Bonchev–Trinajstić information content (AvgIpc) is 1.76. The Morgan fingerprint density at radius 2 is 1.43 bits per heavy atom. The van der Waals surface area contributed by atoms with Gasteiger partial charge < -0.3 is 12.4 Å². The third-order valence-electron chi connectivity index (χ3n) is 0.827. The summed E-state index contributed by atoms with van der Waals surface area (Å²) < 4.78 is 0. The van der Waals surface area contributed by atoms with Gasteiger partial charge in [0.15, 0.2) is 0 Å². The second-order valence-electron chi connectivity index (χ2n) is 1.32. The first kappa shape index (κ1) is 11.4. The van der Waals surface area contributed by atoms with Crippen molar-refractivity contribution >= 4 is 11.8 Å². The molecule has 0 saturated carbocycles. The topological polar surface area (TPSA) is 0 Å². The first-order valence-electron chi connectivity index (χ1n) is 2.08. The summed E-state index contributed by atoms with van der Waals surface area (Å²) in [5, 5.41) is 0. The quantitative estimate of drug-likeness (QED) is 0.311. The molecule has 0 aliphatic carbocycles. The van der Waals surface area contributed by atoms with Crippen molar-refractivity contribution in [3.05, 3.63) is 0 Å². The minimum atomic E-state index is 0. The van der Waals surface area contributed by atoms with Crippen molar-refractivity contribution in [1.29, 1.82) is 0 Å². The predicted octanol–water partition coefficient (Wildman–Crippen LogP) is -4.48. The summed E-state index contributed by atoms with van der Waals surface area (Å²) in [6.07, 6.45) is 2.93. The molecular formula is C4H8ClNaS. The molecule has 0 amide bonds. The van der Waals surface area contributed by atoms with E-state index in [4.69, 9.17) is 0 Å². The maximum Gasteiger partial charge on any atom is 1.00 e. The molecule has 0 atom stereocenters. The van der Waals surface area contributed by atoms with Crippen molar-refractivity contribution < 1.29 is 42.0 Å². The summed E-state index contributed by atoms with van der Waals surface area (Å²) in [5.41, 5.74) is 0. The predicted molar refractivity (Wildman–Crippen MR) is 26.6 cm³/mol. The molecule has 0 nitrogen and oxygen atoms in total. The van der Waals surface area contributed by atoms with Crippen LogP contribution in [0.3, 0.4) is 0 Å². The zero-order chi connectivity index (χ0) is 3.54. The van der Waals surface area contributed by atoms with Crippen molar-refractivity contribution in [2.24, 2.45) is 0 Å². The van der Waals surface area contributed by atoms with E-state index in [1.54, 1.807) is 0 Å². The Balaban J connectivity index is 0. The molecular weight excluding hydrogens is 139 g/mol. The Kier molecular flexibility index (Phi) is 12.5. The third-order valence-corrected chi connectivity index (χ3v) is 1.98. The Morgan fingerprint density at radius 1 is 1.00 bits per heavy atom. The van der Waals surface area contributed by atoms with E-state index in [0.717, 1.165) is 0 Å². The normalized spacial score (nSPS) is 17.1. The molecule has 38 valence electrons. The number of thioether (sulfide) groups is 1. The van der Waals surface area contributed by atoms with Crippen LogP contribution in [-0.2, 0) is 0 Å². The van der Waals surface area contributed by atoms with Gasteiger partial charge in [-0.3, -0.25) is 0 Å². The van der Waals surface area contributed by atoms with Gasteiger partial charge in [0, 0.05) is 0 Å². The number of hydrogen-bond acceptors (Lipinski definition) is 1. The minimum Gasteiger partial charge on any atom is -1.00 e. The molecule has 0 N–H and O–H groups in total. The van der Waals surface area contributed by atoms with Crippen LogP contribution >= 0.6 is 11.8 Å². The van der Waals surface area contributed by atoms with E-state index >= 15 is 0 Å². The van der Waals surface area contributed by atoms with Gasteiger partial charge >= 0.3 is 29.6 Å². The number of hydrogen-bond donors (Lipinski definition) is 0. The van der Waals surface area contributed by atoms with Crippen molar-refractivity contribution in [3.63, 3.8) is 0 Å². The van der Waals surface area contributed by atoms with Crippen LogP contribution in [0, 0.1) is 0 Å². The third kappa shape index (κ3) is 5.51. The number of halogens is 1. The molecule has 1 aliphatic rings. The van der Waals surface area contributed by atoms with Crippen molar-refractivity contribution in [2.45, 2.75) is 12.8 Å². The van der Waals surface area contributed by atoms with E-state index in [1.165, 1.54) is 24.3 Å². The fraction of sp³-hybridized carbons (Fsp3) is 1.00. The fourth-order valence-electron chi connectivity index (χ4n) is 0.510. The van der Waals surface area contributed by atoms with Gasteiger partial charge in [-0.05, 0) is 24.3 Å². The van der Waals surface area contributed by atoms with Gasteiger partial charge in [-0.25, -0.2) is 0 Å². The smallest absolute Gasteiger partial charge is 1.00 e. The summed E-state index contributed by atoms with van der Waals surface area (Å²) in [4.78, 5) is 0. The fourth-order valence-corrected chi connectivity index (χ4v) is 1.53.